The van der Waals surface area contributed by atoms with E-state index in [0.29, 0.717) is 16.5 Å². The number of carbonyl (C=O) groups excluding carboxylic acids is 2. The first kappa shape index (κ1) is 31.2. The van der Waals surface area contributed by atoms with Crippen LogP contribution in [0.15, 0.2) is 77.7 Å². The van der Waals surface area contributed by atoms with Gasteiger partial charge in [-0.2, -0.15) is 0 Å². The van der Waals surface area contributed by atoms with Gasteiger partial charge in [0, 0.05) is 23.7 Å². The van der Waals surface area contributed by atoms with Gasteiger partial charge in [-0.05, 0) is 61.7 Å². The summed E-state index contributed by atoms with van der Waals surface area (Å²) in [6.45, 7) is 1.22. The zero-order valence-corrected chi connectivity index (χ0v) is 25.5. The van der Waals surface area contributed by atoms with Crippen LogP contribution in [0.1, 0.15) is 38.2 Å². The number of amides is 2. The van der Waals surface area contributed by atoms with E-state index in [1.165, 1.54) is 37.3 Å². The molecule has 4 rings (SSSR count). The van der Waals surface area contributed by atoms with Gasteiger partial charge in [-0.3, -0.25) is 13.9 Å². The number of methoxy groups -OCH3 is 2. The maximum absolute atomic E-state index is 14.1. The molecular weight excluding hydrogens is 578 g/mol. The zero-order valence-electron chi connectivity index (χ0n) is 24.0. The van der Waals surface area contributed by atoms with E-state index in [1.54, 1.807) is 61.5 Å². The van der Waals surface area contributed by atoms with Crippen LogP contribution >= 0.6 is 11.6 Å². The van der Waals surface area contributed by atoms with Crippen molar-refractivity contribution < 1.29 is 27.5 Å². The van der Waals surface area contributed by atoms with E-state index in [1.807, 2.05) is 0 Å². The summed E-state index contributed by atoms with van der Waals surface area (Å²) in [4.78, 5) is 28.7. The van der Waals surface area contributed by atoms with Crippen molar-refractivity contribution in [2.24, 2.45) is 0 Å². The van der Waals surface area contributed by atoms with E-state index in [2.05, 4.69) is 5.32 Å². The number of halogens is 1. The molecule has 0 unspecified atom stereocenters. The summed E-state index contributed by atoms with van der Waals surface area (Å²) < 4.78 is 39.7. The van der Waals surface area contributed by atoms with Gasteiger partial charge in [-0.15, -0.1) is 0 Å². The SMILES string of the molecule is COc1ccc(S(=O)(=O)N(CC(=O)N(Cc2ccc(Cl)cc2)[C@H](C)C(=O)NC2CCCC2)c2ccccc2)cc1OC. The van der Waals surface area contributed by atoms with Crippen molar-refractivity contribution >= 4 is 39.1 Å². The molecule has 3 aromatic carbocycles. The molecule has 0 saturated heterocycles. The fourth-order valence-corrected chi connectivity index (χ4v) is 6.54. The number of nitrogens with zero attached hydrogens (tertiary/aromatic N) is 2. The highest BCUT2D eigenvalue weighted by Gasteiger charge is 2.33. The number of benzene rings is 3. The summed E-state index contributed by atoms with van der Waals surface area (Å²) >= 11 is 6.07. The first-order valence-electron chi connectivity index (χ1n) is 13.8. The van der Waals surface area contributed by atoms with Crippen LogP contribution in [0.25, 0.3) is 0 Å². The summed E-state index contributed by atoms with van der Waals surface area (Å²) in [6, 6.07) is 18.8. The van der Waals surface area contributed by atoms with Crippen molar-refractivity contribution in [2.45, 2.75) is 56.1 Å². The molecule has 11 heteroatoms. The Bertz CT molecular complexity index is 1480. The quantitative estimate of drug-likeness (QED) is 0.307. The number of hydrogen-bond acceptors (Lipinski definition) is 6. The van der Waals surface area contributed by atoms with Crippen molar-refractivity contribution in [2.75, 3.05) is 25.1 Å². The van der Waals surface area contributed by atoms with Gasteiger partial charge in [0.25, 0.3) is 10.0 Å². The Morgan fingerprint density at radius 2 is 1.60 bits per heavy atom. The molecule has 9 nitrogen and oxygen atoms in total. The van der Waals surface area contributed by atoms with Crippen molar-refractivity contribution in [3.63, 3.8) is 0 Å². The second-order valence-electron chi connectivity index (χ2n) is 10.2. The Kier molecular flexibility index (Phi) is 10.3. The second-order valence-corrected chi connectivity index (χ2v) is 12.5. The van der Waals surface area contributed by atoms with Crippen LogP contribution in [-0.2, 0) is 26.2 Å². The summed E-state index contributed by atoms with van der Waals surface area (Å²) in [5.74, 6) is -0.209. The predicted octanol–water partition coefficient (Wildman–Crippen LogP) is 5.03. The van der Waals surface area contributed by atoms with Crippen molar-refractivity contribution in [3.05, 3.63) is 83.4 Å². The number of ether oxygens (including phenoxy) is 2. The van der Waals surface area contributed by atoms with Crippen molar-refractivity contribution in [1.82, 2.24) is 10.2 Å². The monoisotopic (exact) mass is 613 g/mol. The third-order valence-electron chi connectivity index (χ3n) is 7.40. The smallest absolute Gasteiger partial charge is 0.264 e. The Labute approximate surface area is 252 Å². The van der Waals surface area contributed by atoms with E-state index in [-0.39, 0.29) is 29.1 Å². The molecule has 42 heavy (non-hydrogen) atoms. The van der Waals surface area contributed by atoms with Crippen molar-refractivity contribution in [3.8, 4) is 11.5 Å². The normalized spacial score (nSPS) is 14.2. The lowest BCUT2D eigenvalue weighted by molar-refractivity contribution is -0.139. The standard InChI is InChI=1S/C31H36ClN3O6S/c1-22(31(37)33-25-9-7-8-10-25)34(20-23-13-15-24(32)16-14-23)30(36)21-35(26-11-5-4-6-12-26)42(38,39)27-17-18-28(40-2)29(19-27)41-3/h4-6,11-19,22,25H,7-10,20-21H2,1-3H3,(H,33,37)/t22-/m1/s1. The molecule has 1 saturated carbocycles. The van der Waals surface area contributed by atoms with E-state index < -0.39 is 28.5 Å². The third-order valence-corrected chi connectivity index (χ3v) is 9.42. The Hall–Kier alpha value is -3.76. The van der Waals surface area contributed by atoms with Gasteiger partial charge in [0.15, 0.2) is 11.5 Å². The Morgan fingerprint density at radius 3 is 2.21 bits per heavy atom. The summed E-state index contributed by atoms with van der Waals surface area (Å²) in [5.41, 5.74) is 1.05. The molecule has 1 aliphatic carbocycles. The third kappa shape index (κ3) is 7.35. The lowest BCUT2D eigenvalue weighted by atomic mass is 10.1. The minimum Gasteiger partial charge on any atom is -0.493 e. The number of nitrogens with one attached hydrogen (secondary N) is 1. The largest absolute Gasteiger partial charge is 0.493 e. The van der Waals surface area contributed by atoms with Gasteiger partial charge in [0.2, 0.25) is 11.8 Å². The lowest BCUT2D eigenvalue weighted by Gasteiger charge is -2.32. The predicted molar refractivity (Wildman–Crippen MR) is 162 cm³/mol. The molecule has 0 bridgehead atoms. The van der Waals surface area contributed by atoms with E-state index in [0.717, 1.165) is 35.6 Å². The highest BCUT2D eigenvalue weighted by molar-refractivity contribution is 7.92. The highest BCUT2D eigenvalue weighted by atomic mass is 35.5. The molecule has 224 valence electrons. The molecule has 1 atom stereocenters. The topological polar surface area (TPSA) is 105 Å². The van der Waals surface area contributed by atoms with Crippen molar-refractivity contribution in [1.29, 1.82) is 0 Å². The van der Waals surface area contributed by atoms with Crippen LogP contribution in [0, 0.1) is 0 Å². The molecule has 0 aromatic heterocycles. The Morgan fingerprint density at radius 1 is 0.952 bits per heavy atom. The number of rotatable bonds is 12. The number of carbonyl (C=O) groups is 2. The number of sulfonamides is 1. The average Bonchev–Trinajstić information content (AvgIpc) is 3.52. The first-order valence-corrected chi connectivity index (χ1v) is 15.6. The highest BCUT2D eigenvalue weighted by Crippen LogP contribution is 2.32. The second kappa shape index (κ2) is 13.9. The van der Waals surface area contributed by atoms with E-state index in [4.69, 9.17) is 21.1 Å². The van der Waals surface area contributed by atoms with Crippen LogP contribution in [0.2, 0.25) is 5.02 Å². The maximum Gasteiger partial charge on any atom is 0.264 e. The number of anilines is 1. The Balaban J connectivity index is 1.69. The summed E-state index contributed by atoms with van der Waals surface area (Å²) in [5, 5.41) is 3.60. The van der Waals surface area contributed by atoms with E-state index in [9.17, 15) is 18.0 Å². The molecule has 0 heterocycles. The average molecular weight is 614 g/mol. The molecule has 1 N–H and O–H groups in total. The first-order chi connectivity index (χ1) is 20.1. The maximum atomic E-state index is 14.1. The molecule has 2 amide bonds. The molecule has 0 radical (unpaired) electrons. The van der Waals surface area contributed by atoms with Crippen LogP contribution in [0.4, 0.5) is 5.69 Å². The number of hydrogen-bond donors (Lipinski definition) is 1. The summed E-state index contributed by atoms with van der Waals surface area (Å²) in [6.07, 6.45) is 3.89. The molecule has 1 fully saturated rings. The van der Waals surface area contributed by atoms with Crippen LogP contribution in [-0.4, -0.2) is 58.0 Å². The zero-order chi connectivity index (χ0) is 30.3. The minimum absolute atomic E-state index is 0.0682. The molecular formula is C31H36ClN3O6S. The van der Waals surface area contributed by atoms with Gasteiger partial charge in [0.1, 0.15) is 12.6 Å². The van der Waals surface area contributed by atoms with Crippen LogP contribution in [0.5, 0.6) is 11.5 Å². The van der Waals surface area contributed by atoms with Gasteiger partial charge in [-0.25, -0.2) is 8.42 Å². The number of para-hydroxylation sites is 1. The van der Waals surface area contributed by atoms with Gasteiger partial charge in [0.05, 0.1) is 24.8 Å². The van der Waals surface area contributed by atoms with Crippen LogP contribution < -0.4 is 19.1 Å². The summed E-state index contributed by atoms with van der Waals surface area (Å²) in [7, 11) is -1.38. The molecule has 0 spiro atoms. The minimum atomic E-state index is -4.25. The fourth-order valence-electron chi connectivity index (χ4n) is 4.99. The van der Waals surface area contributed by atoms with Gasteiger partial charge < -0.3 is 19.7 Å². The molecule has 3 aromatic rings. The molecule has 0 aliphatic heterocycles. The fraction of sp³-hybridized carbons (Fsp3) is 0.355. The molecule has 1 aliphatic rings. The van der Waals surface area contributed by atoms with Gasteiger partial charge in [-0.1, -0.05) is 54.8 Å². The van der Waals surface area contributed by atoms with Crippen LogP contribution in [0.3, 0.4) is 0 Å². The van der Waals surface area contributed by atoms with Gasteiger partial charge >= 0.3 is 0 Å². The lowest BCUT2D eigenvalue weighted by Crippen LogP contribution is -2.52. The van der Waals surface area contributed by atoms with E-state index >= 15 is 0 Å².